The minimum atomic E-state index is 0.0190. The van der Waals surface area contributed by atoms with Gasteiger partial charge in [-0.15, -0.1) is 0 Å². The molecule has 0 aliphatic carbocycles. The number of hydrogen-bond donors (Lipinski definition) is 1. The summed E-state index contributed by atoms with van der Waals surface area (Å²) in [6, 6.07) is 9.07. The van der Waals surface area contributed by atoms with Crippen LogP contribution in [0, 0.1) is 0 Å². The van der Waals surface area contributed by atoms with Gasteiger partial charge in [-0.2, -0.15) is 0 Å². The van der Waals surface area contributed by atoms with E-state index in [9.17, 15) is 4.79 Å². The number of nitrogens with two attached hydrogens (primary N) is 1. The van der Waals surface area contributed by atoms with Gasteiger partial charge in [0, 0.05) is 31.1 Å². The first-order valence-electron chi connectivity index (χ1n) is 6.16. The van der Waals surface area contributed by atoms with Crippen LogP contribution in [-0.2, 0) is 4.74 Å². The highest BCUT2D eigenvalue weighted by molar-refractivity contribution is 6.06. The van der Waals surface area contributed by atoms with Crippen molar-refractivity contribution in [2.24, 2.45) is 0 Å². The number of aromatic nitrogens is 1. The second kappa shape index (κ2) is 4.51. The molecule has 1 aromatic carbocycles. The first kappa shape index (κ1) is 11.9. The smallest absolute Gasteiger partial charge is 0.254 e. The molecule has 1 fully saturated rings. The summed E-state index contributed by atoms with van der Waals surface area (Å²) < 4.78 is 5.18. The van der Waals surface area contributed by atoms with E-state index < -0.39 is 0 Å². The third kappa shape index (κ3) is 2.02. The number of nitrogen functional groups attached to an aromatic ring is 1. The van der Waals surface area contributed by atoms with Gasteiger partial charge >= 0.3 is 0 Å². The molecule has 98 valence electrons. The average molecular weight is 257 g/mol. The van der Waals surface area contributed by atoms with Crippen LogP contribution in [-0.4, -0.2) is 42.1 Å². The number of rotatable bonds is 2. The van der Waals surface area contributed by atoms with Gasteiger partial charge in [-0.3, -0.25) is 4.79 Å². The minimum Gasteiger partial charge on any atom is -0.384 e. The lowest BCUT2D eigenvalue weighted by molar-refractivity contribution is -0.0191. The Hall–Kier alpha value is -2.14. The number of methoxy groups -OCH3 is 1. The van der Waals surface area contributed by atoms with Crippen molar-refractivity contribution in [3.8, 4) is 0 Å². The van der Waals surface area contributed by atoms with E-state index in [-0.39, 0.29) is 12.0 Å². The lowest BCUT2D eigenvalue weighted by atomic mass is 10.0. The van der Waals surface area contributed by atoms with Crippen LogP contribution in [0.2, 0.25) is 0 Å². The zero-order chi connectivity index (χ0) is 13.4. The Morgan fingerprint density at radius 3 is 2.89 bits per heavy atom. The monoisotopic (exact) mass is 257 g/mol. The largest absolute Gasteiger partial charge is 0.384 e. The molecule has 2 heterocycles. The maximum Gasteiger partial charge on any atom is 0.254 e. The number of likely N-dealkylation sites (tertiary alicyclic amines) is 1. The predicted octanol–water partition coefficient (Wildman–Crippen LogP) is 1.29. The Labute approximate surface area is 111 Å². The van der Waals surface area contributed by atoms with E-state index in [1.54, 1.807) is 18.1 Å². The second-order valence-corrected chi connectivity index (χ2v) is 4.68. The second-order valence-electron chi connectivity index (χ2n) is 4.68. The van der Waals surface area contributed by atoms with Crippen molar-refractivity contribution in [3.63, 3.8) is 0 Å². The fraction of sp³-hybridized carbons (Fsp3) is 0.286. The molecular formula is C14H15N3O2. The summed E-state index contributed by atoms with van der Waals surface area (Å²) in [7, 11) is 1.66. The van der Waals surface area contributed by atoms with E-state index >= 15 is 0 Å². The minimum absolute atomic E-state index is 0.0190. The molecule has 3 rings (SSSR count). The van der Waals surface area contributed by atoms with Crippen molar-refractivity contribution in [2.75, 3.05) is 25.9 Å². The number of fused-ring (bicyclic) bond motifs is 1. The van der Waals surface area contributed by atoms with E-state index in [2.05, 4.69) is 4.98 Å². The van der Waals surface area contributed by atoms with E-state index in [1.165, 1.54) is 0 Å². The van der Waals surface area contributed by atoms with Crippen LogP contribution >= 0.6 is 0 Å². The molecule has 5 nitrogen and oxygen atoms in total. The summed E-state index contributed by atoms with van der Waals surface area (Å²) in [5, 5.41) is 0.836. The highest BCUT2D eigenvalue weighted by Crippen LogP contribution is 2.22. The third-order valence-corrected chi connectivity index (χ3v) is 3.45. The first-order chi connectivity index (χ1) is 9.19. The molecule has 1 aliphatic heterocycles. The van der Waals surface area contributed by atoms with Crippen molar-refractivity contribution in [2.45, 2.75) is 6.10 Å². The summed E-state index contributed by atoms with van der Waals surface area (Å²) in [5.74, 6) is 0.478. The van der Waals surface area contributed by atoms with Crippen LogP contribution in [0.3, 0.4) is 0 Å². The summed E-state index contributed by atoms with van der Waals surface area (Å²) in [6.07, 6.45) is 0.160. The van der Waals surface area contributed by atoms with E-state index in [4.69, 9.17) is 10.5 Å². The highest BCUT2D eigenvalue weighted by Gasteiger charge is 2.31. The molecule has 1 aliphatic rings. The maximum absolute atomic E-state index is 12.4. The Kier molecular flexibility index (Phi) is 2.83. The van der Waals surface area contributed by atoms with Gasteiger partial charge in [-0.25, -0.2) is 4.98 Å². The zero-order valence-electron chi connectivity index (χ0n) is 10.7. The van der Waals surface area contributed by atoms with Gasteiger partial charge in [0.1, 0.15) is 5.82 Å². The Balaban J connectivity index is 1.95. The topological polar surface area (TPSA) is 68.5 Å². The Morgan fingerprint density at radius 2 is 2.16 bits per heavy atom. The molecule has 0 bridgehead atoms. The number of anilines is 1. The van der Waals surface area contributed by atoms with Crippen LogP contribution in [0.4, 0.5) is 5.82 Å². The van der Waals surface area contributed by atoms with Gasteiger partial charge in [-0.05, 0) is 24.3 Å². The van der Waals surface area contributed by atoms with Crippen molar-refractivity contribution in [1.82, 2.24) is 9.88 Å². The number of benzene rings is 1. The SMILES string of the molecule is COC1CN(C(=O)c2cccc3nc(N)ccc23)C1. The molecule has 1 aromatic heterocycles. The van der Waals surface area contributed by atoms with Gasteiger partial charge in [-0.1, -0.05) is 6.07 Å². The number of amides is 1. The first-order valence-corrected chi connectivity index (χ1v) is 6.16. The van der Waals surface area contributed by atoms with Crippen LogP contribution < -0.4 is 5.73 Å². The molecule has 0 spiro atoms. The number of nitrogens with zero attached hydrogens (tertiary/aromatic N) is 2. The molecule has 1 amide bonds. The van der Waals surface area contributed by atoms with Crippen molar-refractivity contribution < 1.29 is 9.53 Å². The number of ether oxygens (including phenoxy) is 1. The Bertz CT molecular complexity index is 636. The summed E-state index contributed by atoms with van der Waals surface area (Å²) in [6.45, 7) is 1.29. The van der Waals surface area contributed by atoms with Gasteiger partial charge in [0.05, 0.1) is 11.6 Å². The molecule has 1 saturated heterocycles. The summed E-state index contributed by atoms with van der Waals surface area (Å²) in [5.41, 5.74) is 7.07. The van der Waals surface area contributed by atoms with Crippen LogP contribution in [0.1, 0.15) is 10.4 Å². The molecule has 2 N–H and O–H groups in total. The molecular weight excluding hydrogens is 242 g/mol. The van der Waals surface area contributed by atoms with Gasteiger partial charge in [0.25, 0.3) is 5.91 Å². The molecule has 0 atom stereocenters. The standard InChI is InChI=1S/C14H15N3O2/c1-19-9-7-17(8-9)14(18)11-3-2-4-12-10(11)5-6-13(15)16-12/h2-6,9H,7-8H2,1H3,(H2,15,16). The molecule has 2 aromatic rings. The molecule has 0 unspecified atom stereocenters. The highest BCUT2D eigenvalue weighted by atomic mass is 16.5. The van der Waals surface area contributed by atoms with Crippen LogP contribution in [0.5, 0.6) is 0 Å². The molecule has 0 saturated carbocycles. The summed E-state index contributed by atoms with van der Waals surface area (Å²) in [4.78, 5) is 18.4. The van der Waals surface area contributed by atoms with E-state index in [0.717, 1.165) is 10.9 Å². The average Bonchev–Trinajstić information content (AvgIpc) is 2.36. The number of carbonyl (C=O) groups is 1. The van der Waals surface area contributed by atoms with Crippen molar-refractivity contribution in [1.29, 1.82) is 0 Å². The molecule has 19 heavy (non-hydrogen) atoms. The van der Waals surface area contributed by atoms with Crippen LogP contribution in [0.25, 0.3) is 10.9 Å². The maximum atomic E-state index is 12.4. The fourth-order valence-corrected chi connectivity index (χ4v) is 2.28. The van der Waals surface area contributed by atoms with E-state index in [0.29, 0.717) is 24.5 Å². The molecule has 0 radical (unpaired) electrons. The predicted molar refractivity (Wildman–Crippen MR) is 72.9 cm³/mol. The number of pyridine rings is 1. The lowest BCUT2D eigenvalue weighted by Gasteiger charge is -2.38. The van der Waals surface area contributed by atoms with Gasteiger partial charge in [0.15, 0.2) is 0 Å². The van der Waals surface area contributed by atoms with Crippen LogP contribution in [0.15, 0.2) is 30.3 Å². The number of hydrogen-bond acceptors (Lipinski definition) is 4. The van der Waals surface area contributed by atoms with Crippen molar-refractivity contribution >= 4 is 22.6 Å². The fourth-order valence-electron chi connectivity index (χ4n) is 2.28. The Morgan fingerprint density at radius 1 is 1.37 bits per heavy atom. The summed E-state index contributed by atoms with van der Waals surface area (Å²) >= 11 is 0. The third-order valence-electron chi connectivity index (χ3n) is 3.45. The lowest BCUT2D eigenvalue weighted by Crippen LogP contribution is -2.54. The zero-order valence-corrected chi connectivity index (χ0v) is 10.7. The number of carbonyl (C=O) groups excluding carboxylic acids is 1. The van der Waals surface area contributed by atoms with Gasteiger partial charge in [0.2, 0.25) is 0 Å². The van der Waals surface area contributed by atoms with Gasteiger partial charge < -0.3 is 15.4 Å². The normalized spacial score (nSPS) is 15.5. The quantitative estimate of drug-likeness (QED) is 0.880. The van der Waals surface area contributed by atoms with Crippen molar-refractivity contribution in [3.05, 3.63) is 35.9 Å². The molecule has 5 heteroatoms. The van der Waals surface area contributed by atoms with E-state index in [1.807, 2.05) is 24.3 Å².